The van der Waals surface area contributed by atoms with E-state index < -0.39 is 0 Å². The van der Waals surface area contributed by atoms with E-state index in [1.807, 2.05) is 0 Å². The third-order valence-corrected chi connectivity index (χ3v) is 7.74. The summed E-state index contributed by atoms with van der Waals surface area (Å²) in [5, 5.41) is 0. The number of epoxide rings is 2. The summed E-state index contributed by atoms with van der Waals surface area (Å²) in [7, 11) is 0. The van der Waals surface area contributed by atoms with Gasteiger partial charge in [-0.15, -0.1) is 0 Å². The van der Waals surface area contributed by atoms with Crippen LogP contribution < -0.4 is 0 Å². The standard InChI is InChI=1S/C20H26O7/c21-19(13-7-9-5-11(13)17-15(9)26-17)24-3-1-23-2-4-25-20(22)14-8-10-6-12(14)18-16(10)27-18/h9-18H,1-8H2. The molecule has 148 valence electrons. The molecule has 2 heterocycles. The Balaban J connectivity index is 0.840. The molecule has 27 heavy (non-hydrogen) atoms. The van der Waals surface area contributed by atoms with Gasteiger partial charge < -0.3 is 23.7 Å². The first-order chi connectivity index (χ1) is 13.2. The number of esters is 2. The summed E-state index contributed by atoms with van der Waals surface area (Å²) >= 11 is 0. The van der Waals surface area contributed by atoms with Gasteiger partial charge in [0, 0.05) is 11.8 Å². The minimum Gasteiger partial charge on any atom is -0.463 e. The first-order valence-corrected chi connectivity index (χ1v) is 10.4. The van der Waals surface area contributed by atoms with E-state index in [1.165, 1.54) is 0 Å². The van der Waals surface area contributed by atoms with Crippen LogP contribution in [-0.2, 0) is 33.3 Å². The molecule has 4 saturated carbocycles. The number of hydrogen-bond acceptors (Lipinski definition) is 7. The lowest BCUT2D eigenvalue weighted by molar-refractivity contribution is -0.153. The molecule has 7 heteroatoms. The van der Waals surface area contributed by atoms with E-state index in [1.54, 1.807) is 0 Å². The number of carbonyl (C=O) groups excluding carboxylic acids is 2. The zero-order valence-electron chi connectivity index (χ0n) is 15.3. The van der Waals surface area contributed by atoms with Crippen LogP contribution >= 0.6 is 0 Å². The molecule has 10 unspecified atom stereocenters. The van der Waals surface area contributed by atoms with Crippen molar-refractivity contribution >= 4 is 11.9 Å². The number of hydrogen-bond donors (Lipinski definition) is 0. The quantitative estimate of drug-likeness (QED) is 0.353. The van der Waals surface area contributed by atoms with Gasteiger partial charge in [-0.1, -0.05) is 0 Å². The molecule has 4 aliphatic carbocycles. The normalized spacial score (nSPS) is 49.6. The van der Waals surface area contributed by atoms with Crippen LogP contribution in [0.5, 0.6) is 0 Å². The van der Waals surface area contributed by atoms with Crippen LogP contribution in [0.25, 0.3) is 0 Å². The Bertz CT molecular complexity index is 596. The van der Waals surface area contributed by atoms with Crippen LogP contribution in [0.2, 0.25) is 0 Å². The van der Waals surface area contributed by atoms with Crippen LogP contribution in [0.1, 0.15) is 25.7 Å². The summed E-state index contributed by atoms with van der Waals surface area (Å²) in [6.45, 7) is 1.17. The fourth-order valence-electron chi connectivity index (χ4n) is 6.47. The molecule has 0 amide bonds. The van der Waals surface area contributed by atoms with Gasteiger partial charge in [0.05, 0.1) is 49.5 Å². The highest BCUT2D eigenvalue weighted by atomic mass is 16.6. The first-order valence-electron chi connectivity index (χ1n) is 10.4. The van der Waals surface area contributed by atoms with Crippen molar-refractivity contribution < 1.29 is 33.3 Å². The van der Waals surface area contributed by atoms with E-state index in [4.69, 9.17) is 23.7 Å². The second kappa shape index (κ2) is 6.16. The minimum atomic E-state index is -0.108. The largest absolute Gasteiger partial charge is 0.463 e. The molecule has 2 aliphatic heterocycles. The van der Waals surface area contributed by atoms with Crippen molar-refractivity contribution in [1.29, 1.82) is 0 Å². The topological polar surface area (TPSA) is 86.9 Å². The highest BCUT2D eigenvalue weighted by Gasteiger charge is 2.65. The summed E-state index contributed by atoms with van der Waals surface area (Å²) < 4.78 is 27.3. The number of carbonyl (C=O) groups is 2. The molecule has 2 saturated heterocycles. The second-order valence-corrected chi connectivity index (χ2v) is 9.08. The predicted octanol–water partition coefficient (Wildman–Crippen LogP) is 0.936. The molecule has 6 fully saturated rings. The van der Waals surface area contributed by atoms with E-state index in [0.717, 1.165) is 25.7 Å². The van der Waals surface area contributed by atoms with Gasteiger partial charge in [-0.2, -0.15) is 0 Å². The van der Waals surface area contributed by atoms with E-state index >= 15 is 0 Å². The van der Waals surface area contributed by atoms with Crippen molar-refractivity contribution in [3.63, 3.8) is 0 Å². The van der Waals surface area contributed by atoms with Crippen LogP contribution in [0.15, 0.2) is 0 Å². The van der Waals surface area contributed by atoms with Gasteiger partial charge in [-0.25, -0.2) is 0 Å². The SMILES string of the molecule is O=C(OCCOCCOC(=O)C1CC2CC1C1OC21)C1CC2CC1C1OC21. The number of fused-ring (bicyclic) bond motifs is 10. The third-order valence-electron chi connectivity index (χ3n) is 7.74. The summed E-state index contributed by atoms with van der Waals surface area (Å²) in [4.78, 5) is 24.4. The van der Waals surface area contributed by atoms with Gasteiger partial charge in [0.15, 0.2) is 0 Å². The highest BCUT2D eigenvalue weighted by Crippen LogP contribution is 2.59. The molecule has 7 nitrogen and oxygen atoms in total. The van der Waals surface area contributed by atoms with Gasteiger partial charge in [0.2, 0.25) is 0 Å². The number of ether oxygens (including phenoxy) is 5. The van der Waals surface area contributed by atoms with Gasteiger partial charge in [-0.3, -0.25) is 9.59 Å². The zero-order valence-corrected chi connectivity index (χ0v) is 15.3. The Morgan fingerprint density at radius 2 is 1.15 bits per heavy atom. The van der Waals surface area contributed by atoms with E-state index in [9.17, 15) is 9.59 Å². The molecular formula is C20H26O7. The molecule has 0 aromatic carbocycles. The Labute approximate surface area is 158 Å². The Morgan fingerprint density at radius 1 is 0.667 bits per heavy atom. The molecule has 0 spiro atoms. The lowest BCUT2D eigenvalue weighted by Crippen LogP contribution is -2.29. The summed E-state index contributed by atoms with van der Waals surface area (Å²) in [5.74, 6) is 1.68. The van der Waals surface area contributed by atoms with Crippen LogP contribution in [0, 0.1) is 35.5 Å². The van der Waals surface area contributed by atoms with Crippen molar-refractivity contribution in [2.45, 2.75) is 50.1 Å². The molecule has 0 N–H and O–H groups in total. The van der Waals surface area contributed by atoms with E-state index in [-0.39, 0.29) is 37.0 Å². The van der Waals surface area contributed by atoms with Crippen molar-refractivity contribution in [2.75, 3.05) is 26.4 Å². The van der Waals surface area contributed by atoms with Crippen molar-refractivity contribution in [2.24, 2.45) is 35.5 Å². The molecule has 6 aliphatic rings. The minimum absolute atomic E-state index is 0.0106. The third kappa shape index (κ3) is 2.73. The average molecular weight is 378 g/mol. The lowest BCUT2D eigenvalue weighted by Gasteiger charge is -2.18. The Kier molecular flexibility index (Phi) is 3.82. The van der Waals surface area contributed by atoms with E-state index in [0.29, 0.717) is 61.3 Å². The van der Waals surface area contributed by atoms with Crippen molar-refractivity contribution in [3.8, 4) is 0 Å². The van der Waals surface area contributed by atoms with Gasteiger partial charge in [-0.05, 0) is 37.5 Å². The Morgan fingerprint density at radius 3 is 1.56 bits per heavy atom. The van der Waals surface area contributed by atoms with E-state index in [2.05, 4.69) is 0 Å². The van der Waals surface area contributed by atoms with Crippen molar-refractivity contribution in [1.82, 2.24) is 0 Å². The lowest BCUT2D eigenvalue weighted by atomic mass is 9.89. The monoisotopic (exact) mass is 378 g/mol. The predicted molar refractivity (Wildman–Crippen MR) is 89.5 cm³/mol. The highest BCUT2D eigenvalue weighted by molar-refractivity contribution is 5.74. The average Bonchev–Trinajstić information content (AvgIpc) is 3.50. The molecule has 0 aromatic heterocycles. The summed E-state index contributed by atoms with van der Waals surface area (Å²) in [6.07, 6.45) is 5.57. The fraction of sp³-hybridized carbons (Fsp3) is 0.900. The molecule has 4 bridgehead atoms. The molecular weight excluding hydrogens is 352 g/mol. The molecule has 10 atom stereocenters. The smallest absolute Gasteiger partial charge is 0.309 e. The molecule has 0 radical (unpaired) electrons. The zero-order chi connectivity index (χ0) is 18.1. The maximum atomic E-state index is 12.2. The number of rotatable bonds is 8. The molecule has 6 rings (SSSR count). The maximum Gasteiger partial charge on any atom is 0.309 e. The maximum absolute atomic E-state index is 12.2. The first kappa shape index (κ1) is 16.7. The van der Waals surface area contributed by atoms with Crippen LogP contribution in [-0.4, -0.2) is 62.8 Å². The second-order valence-electron chi connectivity index (χ2n) is 9.08. The van der Waals surface area contributed by atoms with Gasteiger partial charge in [0.25, 0.3) is 0 Å². The van der Waals surface area contributed by atoms with Gasteiger partial charge >= 0.3 is 11.9 Å². The summed E-state index contributed by atoms with van der Waals surface area (Å²) in [6, 6.07) is 0. The van der Waals surface area contributed by atoms with Gasteiger partial charge in [0.1, 0.15) is 13.2 Å². The molecule has 0 aromatic rings. The van der Waals surface area contributed by atoms with Crippen LogP contribution in [0.3, 0.4) is 0 Å². The fourth-order valence-corrected chi connectivity index (χ4v) is 6.47. The van der Waals surface area contributed by atoms with Crippen molar-refractivity contribution in [3.05, 3.63) is 0 Å². The van der Waals surface area contributed by atoms with Crippen LogP contribution in [0.4, 0.5) is 0 Å². The Hall–Kier alpha value is -1.18. The summed E-state index contributed by atoms with van der Waals surface area (Å²) in [5.41, 5.74) is 0.